The number of aryl methyl sites for hydroxylation is 2. The van der Waals surface area contributed by atoms with E-state index < -0.39 is 0 Å². The zero-order valence-electron chi connectivity index (χ0n) is 17.7. The SMILES string of the molecule is CCn1c(CNc2ccc(OC)cc2)nnc1SCC(=O)Nc1ccc(C)c(C)c1. The molecule has 0 atom stereocenters. The summed E-state index contributed by atoms with van der Waals surface area (Å²) in [6.45, 7) is 7.40. The van der Waals surface area contributed by atoms with Gasteiger partial charge >= 0.3 is 0 Å². The average Bonchev–Trinajstić information content (AvgIpc) is 3.15. The first-order valence-electron chi connectivity index (χ1n) is 9.80. The van der Waals surface area contributed by atoms with Crippen LogP contribution in [0.1, 0.15) is 23.9 Å². The van der Waals surface area contributed by atoms with Gasteiger partial charge in [-0.3, -0.25) is 4.79 Å². The van der Waals surface area contributed by atoms with Crippen LogP contribution in [0.3, 0.4) is 0 Å². The van der Waals surface area contributed by atoms with E-state index in [1.807, 2.05) is 60.9 Å². The molecule has 3 aromatic rings. The number of thioether (sulfide) groups is 1. The van der Waals surface area contributed by atoms with E-state index in [1.54, 1.807) is 7.11 Å². The summed E-state index contributed by atoms with van der Waals surface area (Å²) in [6.07, 6.45) is 0. The summed E-state index contributed by atoms with van der Waals surface area (Å²) in [4.78, 5) is 12.3. The molecule has 0 saturated heterocycles. The van der Waals surface area contributed by atoms with Gasteiger partial charge < -0.3 is 19.9 Å². The first-order chi connectivity index (χ1) is 14.5. The van der Waals surface area contributed by atoms with E-state index in [4.69, 9.17) is 4.74 Å². The summed E-state index contributed by atoms with van der Waals surface area (Å²) in [6, 6.07) is 13.6. The topological polar surface area (TPSA) is 81.1 Å². The van der Waals surface area contributed by atoms with Crippen LogP contribution in [0.5, 0.6) is 5.75 Å². The van der Waals surface area contributed by atoms with Crippen molar-refractivity contribution in [2.75, 3.05) is 23.5 Å². The number of benzene rings is 2. The van der Waals surface area contributed by atoms with E-state index in [2.05, 4.69) is 27.8 Å². The fraction of sp³-hybridized carbons (Fsp3) is 0.318. The third-order valence-corrected chi connectivity index (χ3v) is 5.74. The quantitative estimate of drug-likeness (QED) is 0.499. The lowest BCUT2D eigenvalue weighted by atomic mass is 10.1. The van der Waals surface area contributed by atoms with Crippen molar-refractivity contribution in [2.24, 2.45) is 0 Å². The molecule has 7 nitrogen and oxygen atoms in total. The van der Waals surface area contributed by atoms with Crippen molar-refractivity contribution >= 4 is 29.0 Å². The molecule has 1 aromatic heterocycles. The third kappa shape index (κ3) is 5.54. The molecule has 2 aromatic carbocycles. The van der Waals surface area contributed by atoms with Gasteiger partial charge in [0.1, 0.15) is 5.75 Å². The van der Waals surface area contributed by atoms with Crippen LogP contribution in [0, 0.1) is 13.8 Å². The number of hydrogen-bond donors (Lipinski definition) is 2. The lowest BCUT2D eigenvalue weighted by molar-refractivity contribution is -0.113. The molecule has 0 aliphatic heterocycles. The molecule has 0 saturated carbocycles. The second-order valence-corrected chi connectivity index (χ2v) is 7.80. The highest BCUT2D eigenvalue weighted by molar-refractivity contribution is 7.99. The fourth-order valence-corrected chi connectivity index (χ4v) is 3.73. The standard InChI is InChI=1S/C22H27N5O2S/c1-5-27-20(13-23-17-8-10-19(29-4)11-9-17)25-26-22(27)30-14-21(28)24-18-7-6-15(2)16(3)12-18/h6-12,23H,5,13-14H2,1-4H3,(H,24,28). The molecule has 0 unspecified atom stereocenters. The van der Waals surface area contributed by atoms with Crippen LogP contribution in [-0.2, 0) is 17.9 Å². The van der Waals surface area contributed by atoms with E-state index in [1.165, 1.54) is 17.3 Å². The van der Waals surface area contributed by atoms with Gasteiger partial charge in [0.15, 0.2) is 11.0 Å². The number of nitrogens with one attached hydrogen (secondary N) is 2. The number of methoxy groups -OCH3 is 1. The summed E-state index contributed by atoms with van der Waals surface area (Å²) in [5, 5.41) is 15.6. The average molecular weight is 426 g/mol. The molecule has 1 heterocycles. The number of anilines is 2. The van der Waals surface area contributed by atoms with E-state index in [0.717, 1.165) is 40.2 Å². The molecular formula is C22H27N5O2S. The van der Waals surface area contributed by atoms with Crippen molar-refractivity contribution in [1.82, 2.24) is 14.8 Å². The first kappa shape index (κ1) is 21.7. The van der Waals surface area contributed by atoms with Gasteiger partial charge in [-0.25, -0.2) is 0 Å². The molecule has 3 rings (SSSR count). The van der Waals surface area contributed by atoms with Crippen LogP contribution in [0.25, 0.3) is 0 Å². The molecule has 158 valence electrons. The zero-order valence-corrected chi connectivity index (χ0v) is 18.5. The fourth-order valence-electron chi connectivity index (χ4n) is 2.91. The number of carbonyl (C=O) groups excluding carboxylic acids is 1. The number of carbonyl (C=O) groups is 1. The molecule has 0 aliphatic rings. The Balaban J connectivity index is 1.56. The second kappa shape index (κ2) is 10.2. The van der Waals surface area contributed by atoms with E-state index >= 15 is 0 Å². The molecule has 2 N–H and O–H groups in total. The smallest absolute Gasteiger partial charge is 0.234 e. The van der Waals surface area contributed by atoms with E-state index in [9.17, 15) is 4.79 Å². The number of ether oxygens (including phenoxy) is 1. The number of hydrogen-bond acceptors (Lipinski definition) is 6. The molecule has 0 radical (unpaired) electrons. The highest BCUT2D eigenvalue weighted by atomic mass is 32.2. The normalized spacial score (nSPS) is 10.7. The Hall–Kier alpha value is -3.00. The Morgan fingerprint density at radius 3 is 2.47 bits per heavy atom. The highest BCUT2D eigenvalue weighted by Crippen LogP contribution is 2.20. The van der Waals surface area contributed by atoms with Crippen molar-refractivity contribution in [3.8, 4) is 5.75 Å². The Kier molecular flexibility index (Phi) is 7.35. The monoisotopic (exact) mass is 425 g/mol. The molecule has 0 aliphatic carbocycles. The second-order valence-electron chi connectivity index (χ2n) is 6.86. The maximum Gasteiger partial charge on any atom is 0.234 e. The van der Waals surface area contributed by atoms with Crippen molar-refractivity contribution < 1.29 is 9.53 Å². The van der Waals surface area contributed by atoms with Gasteiger partial charge in [-0.05, 0) is 68.3 Å². The van der Waals surface area contributed by atoms with Crippen LogP contribution in [0.15, 0.2) is 47.6 Å². The van der Waals surface area contributed by atoms with Crippen molar-refractivity contribution in [3.05, 3.63) is 59.4 Å². The number of nitrogens with zero attached hydrogens (tertiary/aromatic N) is 3. The van der Waals surface area contributed by atoms with Gasteiger partial charge in [0.05, 0.1) is 19.4 Å². The third-order valence-electron chi connectivity index (χ3n) is 4.77. The highest BCUT2D eigenvalue weighted by Gasteiger charge is 2.13. The van der Waals surface area contributed by atoms with Crippen LogP contribution in [0.4, 0.5) is 11.4 Å². The van der Waals surface area contributed by atoms with Crippen LogP contribution in [-0.4, -0.2) is 33.5 Å². The molecule has 1 amide bonds. The molecule has 0 bridgehead atoms. The minimum Gasteiger partial charge on any atom is -0.497 e. The lowest BCUT2D eigenvalue weighted by Crippen LogP contribution is -2.15. The Morgan fingerprint density at radius 2 is 1.80 bits per heavy atom. The van der Waals surface area contributed by atoms with Crippen molar-refractivity contribution in [2.45, 2.75) is 39.0 Å². The van der Waals surface area contributed by atoms with Crippen LogP contribution >= 0.6 is 11.8 Å². The molecule has 0 spiro atoms. The van der Waals surface area contributed by atoms with Gasteiger partial charge in [-0.1, -0.05) is 17.8 Å². The Labute approximate surface area is 181 Å². The predicted molar refractivity (Wildman–Crippen MR) is 121 cm³/mol. The summed E-state index contributed by atoms with van der Waals surface area (Å²) in [5.41, 5.74) is 4.14. The van der Waals surface area contributed by atoms with Crippen LogP contribution < -0.4 is 15.4 Å². The largest absolute Gasteiger partial charge is 0.497 e. The van der Waals surface area contributed by atoms with Gasteiger partial charge in [-0.15, -0.1) is 10.2 Å². The zero-order chi connectivity index (χ0) is 21.5. The molecule has 8 heteroatoms. The van der Waals surface area contributed by atoms with E-state index in [0.29, 0.717) is 6.54 Å². The number of amides is 1. The van der Waals surface area contributed by atoms with Crippen LogP contribution in [0.2, 0.25) is 0 Å². The number of aromatic nitrogens is 3. The van der Waals surface area contributed by atoms with Gasteiger partial charge in [0.2, 0.25) is 5.91 Å². The lowest BCUT2D eigenvalue weighted by Gasteiger charge is -2.10. The van der Waals surface area contributed by atoms with Crippen molar-refractivity contribution in [1.29, 1.82) is 0 Å². The predicted octanol–water partition coefficient (Wildman–Crippen LogP) is 4.27. The first-order valence-corrected chi connectivity index (χ1v) is 10.8. The van der Waals surface area contributed by atoms with Crippen molar-refractivity contribution in [3.63, 3.8) is 0 Å². The molecule has 0 fully saturated rings. The van der Waals surface area contributed by atoms with Gasteiger partial charge in [-0.2, -0.15) is 0 Å². The minimum atomic E-state index is -0.0631. The Morgan fingerprint density at radius 1 is 1.07 bits per heavy atom. The summed E-state index contributed by atoms with van der Waals surface area (Å²) in [7, 11) is 1.65. The molecule has 30 heavy (non-hydrogen) atoms. The summed E-state index contributed by atoms with van der Waals surface area (Å²) < 4.78 is 7.20. The Bertz CT molecular complexity index is 1000. The maximum absolute atomic E-state index is 12.3. The summed E-state index contributed by atoms with van der Waals surface area (Å²) in [5.74, 6) is 1.85. The van der Waals surface area contributed by atoms with Gasteiger partial charge in [0, 0.05) is 17.9 Å². The molecular weight excluding hydrogens is 398 g/mol. The minimum absolute atomic E-state index is 0.0631. The maximum atomic E-state index is 12.3. The van der Waals surface area contributed by atoms with Gasteiger partial charge in [0.25, 0.3) is 0 Å². The summed E-state index contributed by atoms with van der Waals surface area (Å²) >= 11 is 1.39. The number of rotatable bonds is 9. The van der Waals surface area contributed by atoms with E-state index in [-0.39, 0.29) is 11.7 Å².